The summed E-state index contributed by atoms with van der Waals surface area (Å²) in [6, 6.07) is 2.00. The van der Waals surface area contributed by atoms with Crippen LogP contribution in [0.15, 0.2) is 10.6 Å². The zero-order valence-corrected chi connectivity index (χ0v) is 13.0. The van der Waals surface area contributed by atoms with Crippen molar-refractivity contribution in [2.45, 2.75) is 63.6 Å². The Morgan fingerprint density at radius 3 is 2.91 bits per heavy atom. The number of hydrogen-bond acceptors (Lipinski definition) is 5. The number of amides is 1. The summed E-state index contributed by atoms with van der Waals surface area (Å²) in [4.78, 5) is 14.3. The van der Waals surface area contributed by atoms with Crippen molar-refractivity contribution in [3.63, 3.8) is 0 Å². The van der Waals surface area contributed by atoms with Crippen LogP contribution in [0.2, 0.25) is 0 Å². The molecule has 1 amide bonds. The maximum absolute atomic E-state index is 12.2. The summed E-state index contributed by atoms with van der Waals surface area (Å²) in [7, 11) is 0. The second kappa shape index (κ2) is 7.24. The second-order valence-corrected chi connectivity index (χ2v) is 6.52. The van der Waals surface area contributed by atoms with Gasteiger partial charge in [0.2, 0.25) is 0 Å². The fourth-order valence-corrected chi connectivity index (χ4v) is 3.40. The Morgan fingerprint density at radius 2 is 2.14 bits per heavy atom. The van der Waals surface area contributed by atoms with Gasteiger partial charge in [0.05, 0.1) is 12.6 Å². The summed E-state index contributed by atoms with van der Waals surface area (Å²) < 4.78 is 5.28. The average molecular weight is 307 g/mol. The highest BCUT2D eigenvalue weighted by atomic mass is 16.5. The highest BCUT2D eigenvalue weighted by Crippen LogP contribution is 2.18. The van der Waals surface area contributed by atoms with E-state index in [1.807, 2.05) is 0 Å². The first kappa shape index (κ1) is 15.5. The Labute approximate surface area is 130 Å². The number of nitrogens with zero attached hydrogens (tertiary/aromatic N) is 2. The first-order valence-electron chi connectivity index (χ1n) is 8.37. The lowest BCUT2D eigenvalue weighted by molar-refractivity contribution is 0.0622. The van der Waals surface area contributed by atoms with Crippen LogP contribution < -0.4 is 5.32 Å². The third kappa shape index (κ3) is 4.08. The molecular formula is C16H25N3O3. The maximum Gasteiger partial charge on any atom is 0.273 e. The van der Waals surface area contributed by atoms with Gasteiger partial charge in [-0.3, -0.25) is 9.69 Å². The van der Waals surface area contributed by atoms with Crippen molar-refractivity contribution in [3.05, 3.63) is 17.5 Å². The van der Waals surface area contributed by atoms with Crippen LogP contribution in [0.3, 0.4) is 0 Å². The normalized spacial score (nSPS) is 24.3. The van der Waals surface area contributed by atoms with Gasteiger partial charge >= 0.3 is 0 Å². The van der Waals surface area contributed by atoms with Gasteiger partial charge in [-0.15, -0.1) is 0 Å². The number of aliphatic hydroxyl groups is 1. The van der Waals surface area contributed by atoms with Crippen LogP contribution in [0.25, 0.3) is 0 Å². The van der Waals surface area contributed by atoms with Crippen molar-refractivity contribution in [2.24, 2.45) is 0 Å². The molecule has 0 bridgehead atoms. The number of aromatic nitrogens is 1. The predicted molar refractivity (Wildman–Crippen MR) is 81.4 cm³/mol. The molecule has 22 heavy (non-hydrogen) atoms. The SMILES string of the molecule is O=C(NC1CCCCC1)c1cc(CN2CCCC(O)C2)on1. The lowest BCUT2D eigenvalue weighted by Crippen LogP contribution is -2.37. The molecule has 2 aliphatic rings. The minimum absolute atomic E-state index is 0.138. The van der Waals surface area contributed by atoms with E-state index in [-0.39, 0.29) is 18.1 Å². The molecule has 2 N–H and O–H groups in total. The number of rotatable bonds is 4. The number of nitrogens with one attached hydrogen (secondary N) is 1. The van der Waals surface area contributed by atoms with Crippen LogP contribution in [-0.2, 0) is 6.54 Å². The Kier molecular flexibility index (Phi) is 5.10. The minimum Gasteiger partial charge on any atom is -0.392 e. The zero-order chi connectivity index (χ0) is 15.4. The molecule has 1 aliphatic heterocycles. The third-order valence-electron chi connectivity index (χ3n) is 4.59. The first-order chi connectivity index (χ1) is 10.7. The summed E-state index contributed by atoms with van der Waals surface area (Å²) in [5.74, 6) is 0.545. The molecule has 1 aliphatic carbocycles. The number of aliphatic hydroxyl groups excluding tert-OH is 1. The molecule has 1 saturated heterocycles. The summed E-state index contributed by atoms with van der Waals surface area (Å²) >= 11 is 0. The molecule has 1 saturated carbocycles. The Bertz CT molecular complexity index is 497. The standard InChI is InChI=1S/C16H25N3O3/c20-13-7-4-8-19(10-13)11-14-9-15(18-22-14)16(21)17-12-5-2-1-3-6-12/h9,12-13,20H,1-8,10-11H2,(H,17,21). The summed E-state index contributed by atoms with van der Waals surface area (Å²) in [6.45, 7) is 2.20. The number of carbonyl (C=O) groups excluding carboxylic acids is 1. The van der Waals surface area contributed by atoms with E-state index in [0.29, 0.717) is 24.5 Å². The number of hydrogen-bond donors (Lipinski definition) is 2. The van der Waals surface area contributed by atoms with Gasteiger partial charge in [-0.2, -0.15) is 0 Å². The van der Waals surface area contributed by atoms with Crippen LogP contribution in [-0.4, -0.2) is 46.3 Å². The quantitative estimate of drug-likeness (QED) is 0.885. The van der Waals surface area contributed by atoms with E-state index < -0.39 is 0 Å². The number of piperidine rings is 1. The molecule has 122 valence electrons. The van der Waals surface area contributed by atoms with Gasteiger partial charge in [0, 0.05) is 18.7 Å². The van der Waals surface area contributed by atoms with Crippen LogP contribution in [0, 0.1) is 0 Å². The van der Waals surface area contributed by atoms with Gasteiger partial charge in [-0.1, -0.05) is 24.4 Å². The van der Waals surface area contributed by atoms with Gasteiger partial charge in [0.1, 0.15) is 0 Å². The monoisotopic (exact) mass is 307 g/mol. The summed E-state index contributed by atoms with van der Waals surface area (Å²) in [6.07, 6.45) is 7.35. The molecule has 2 heterocycles. The minimum atomic E-state index is -0.259. The van der Waals surface area contributed by atoms with Crippen LogP contribution in [0.1, 0.15) is 61.2 Å². The Hall–Kier alpha value is -1.40. The summed E-state index contributed by atoms with van der Waals surface area (Å²) in [5, 5.41) is 16.6. The molecule has 1 aromatic heterocycles. The summed E-state index contributed by atoms with van der Waals surface area (Å²) in [5.41, 5.74) is 0.359. The lowest BCUT2D eigenvalue weighted by atomic mass is 9.95. The van der Waals surface area contributed by atoms with Gasteiger partial charge in [0.25, 0.3) is 5.91 Å². The molecule has 6 heteroatoms. The molecule has 3 rings (SSSR count). The van der Waals surface area contributed by atoms with Crippen molar-refractivity contribution in [1.29, 1.82) is 0 Å². The van der Waals surface area contributed by atoms with Gasteiger partial charge in [-0.05, 0) is 32.2 Å². The highest BCUT2D eigenvalue weighted by molar-refractivity contribution is 5.92. The number of likely N-dealkylation sites (tertiary alicyclic amines) is 1. The van der Waals surface area contributed by atoms with E-state index in [4.69, 9.17) is 4.52 Å². The Balaban J connectivity index is 1.52. The van der Waals surface area contributed by atoms with Crippen molar-refractivity contribution >= 4 is 5.91 Å². The molecule has 2 fully saturated rings. The van der Waals surface area contributed by atoms with Crippen LogP contribution in [0.5, 0.6) is 0 Å². The molecule has 1 atom stereocenters. The van der Waals surface area contributed by atoms with Crippen LogP contribution in [0.4, 0.5) is 0 Å². The van der Waals surface area contributed by atoms with Crippen molar-refractivity contribution in [1.82, 2.24) is 15.4 Å². The topological polar surface area (TPSA) is 78.6 Å². The molecule has 0 radical (unpaired) electrons. The Morgan fingerprint density at radius 1 is 1.32 bits per heavy atom. The lowest BCUT2D eigenvalue weighted by Gasteiger charge is -2.28. The number of carbonyl (C=O) groups is 1. The van der Waals surface area contributed by atoms with E-state index >= 15 is 0 Å². The van der Waals surface area contributed by atoms with Crippen LogP contribution >= 0.6 is 0 Å². The first-order valence-corrected chi connectivity index (χ1v) is 8.37. The average Bonchev–Trinajstić information content (AvgIpc) is 2.97. The largest absolute Gasteiger partial charge is 0.392 e. The van der Waals surface area contributed by atoms with E-state index in [2.05, 4.69) is 15.4 Å². The third-order valence-corrected chi connectivity index (χ3v) is 4.59. The molecule has 6 nitrogen and oxygen atoms in total. The van der Waals surface area contributed by atoms with Gasteiger partial charge in [-0.25, -0.2) is 0 Å². The van der Waals surface area contributed by atoms with Crippen molar-refractivity contribution in [2.75, 3.05) is 13.1 Å². The fourth-order valence-electron chi connectivity index (χ4n) is 3.40. The van der Waals surface area contributed by atoms with Gasteiger partial charge < -0.3 is 14.9 Å². The van der Waals surface area contributed by atoms with E-state index in [1.165, 1.54) is 19.3 Å². The van der Waals surface area contributed by atoms with E-state index in [1.54, 1.807) is 6.07 Å². The molecule has 0 spiro atoms. The van der Waals surface area contributed by atoms with E-state index in [9.17, 15) is 9.90 Å². The van der Waals surface area contributed by atoms with Gasteiger partial charge in [0.15, 0.2) is 11.5 Å². The predicted octanol–water partition coefficient (Wildman–Crippen LogP) is 1.69. The highest BCUT2D eigenvalue weighted by Gasteiger charge is 2.22. The smallest absolute Gasteiger partial charge is 0.273 e. The molecular weight excluding hydrogens is 282 g/mol. The second-order valence-electron chi connectivity index (χ2n) is 6.52. The molecule has 1 aromatic rings. The van der Waals surface area contributed by atoms with Crippen molar-refractivity contribution < 1.29 is 14.4 Å². The number of β-amino-alcohol motifs (C(OH)–C–C–N with tert-alkyl or cyclic N) is 1. The molecule has 0 aromatic carbocycles. The zero-order valence-electron chi connectivity index (χ0n) is 13.0. The fraction of sp³-hybridized carbons (Fsp3) is 0.750. The van der Waals surface area contributed by atoms with E-state index in [0.717, 1.165) is 32.2 Å². The molecule has 1 unspecified atom stereocenters. The maximum atomic E-state index is 12.2. The van der Waals surface area contributed by atoms with Crippen molar-refractivity contribution in [3.8, 4) is 0 Å².